The van der Waals surface area contributed by atoms with Crippen molar-refractivity contribution in [2.45, 2.75) is 64.5 Å². The third-order valence-electron chi connectivity index (χ3n) is 4.23. The van der Waals surface area contributed by atoms with Gasteiger partial charge in [0.15, 0.2) is 0 Å². The van der Waals surface area contributed by atoms with Crippen molar-refractivity contribution < 1.29 is 0 Å². The van der Waals surface area contributed by atoms with E-state index in [2.05, 4.69) is 5.32 Å². The van der Waals surface area contributed by atoms with E-state index < -0.39 is 0 Å². The fraction of sp³-hybridized carbons (Fsp3) is 0.733. The van der Waals surface area contributed by atoms with Gasteiger partial charge in [0.1, 0.15) is 11.5 Å². The Hall–Kier alpha value is -1.72. The Bertz CT molecular complexity index is 595. The lowest BCUT2D eigenvalue weighted by Crippen LogP contribution is -2.41. The van der Waals surface area contributed by atoms with Crippen molar-refractivity contribution in [3.8, 4) is 0 Å². The number of aromatic nitrogens is 2. The zero-order valence-electron chi connectivity index (χ0n) is 13.0. The molecule has 1 saturated carbocycles. The van der Waals surface area contributed by atoms with E-state index in [1.165, 1.54) is 37.3 Å². The van der Waals surface area contributed by atoms with E-state index in [1.54, 1.807) is 0 Å². The predicted molar refractivity (Wildman–Crippen MR) is 85.8 cm³/mol. The lowest BCUT2D eigenvalue weighted by Gasteiger charge is -2.21. The summed E-state index contributed by atoms with van der Waals surface area (Å²) < 4.78 is 2.63. The molecular weight excluding hydrogens is 268 g/mol. The number of hydrogen-bond donors (Lipinski definition) is 2. The Kier molecular flexibility index (Phi) is 5.09. The third-order valence-corrected chi connectivity index (χ3v) is 4.23. The van der Waals surface area contributed by atoms with Crippen LogP contribution in [0.5, 0.6) is 0 Å². The molecular formula is C15H26N4O2. The van der Waals surface area contributed by atoms with E-state index >= 15 is 0 Å². The van der Waals surface area contributed by atoms with Crippen molar-refractivity contribution >= 4 is 11.5 Å². The average molecular weight is 294 g/mol. The van der Waals surface area contributed by atoms with Gasteiger partial charge in [-0.15, -0.1) is 0 Å². The second kappa shape index (κ2) is 6.83. The number of hydrogen-bond acceptors (Lipinski definition) is 4. The van der Waals surface area contributed by atoms with Crippen molar-refractivity contribution in [3.05, 3.63) is 20.8 Å². The van der Waals surface area contributed by atoms with Crippen molar-refractivity contribution in [1.29, 1.82) is 0 Å². The molecule has 6 nitrogen and oxygen atoms in total. The molecule has 1 fully saturated rings. The normalized spacial score (nSPS) is 16.7. The Morgan fingerprint density at radius 3 is 2.38 bits per heavy atom. The highest BCUT2D eigenvalue weighted by molar-refractivity contribution is 5.61. The molecule has 0 spiro atoms. The number of anilines is 2. The minimum absolute atomic E-state index is 0.272. The zero-order chi connectivity index (χ0) is 15.4. The van der Waals surface area contributed by atoms with Crippen LogP contribution in [0.15, 0.2) is 9.59 Å². The van der Waals surface area contributed by atoms with Crippen LogP contribution in [0, 0.1) is 0 Å². The molecule has 1 heterocycles. The zero-order valence-corrected chi connectivity index (χ0v) is 13.0. The summed E-state index contributed by atoms with van der Waals surface area (Å²) >= 11 is 0. The molecule has 21 heavy (non-hydrogen) atoms. The summed E-state index contributed by atoms with van der Waals surface area (Å²) in [6.07, 6.45) is 7.75. The lowest BCUT2D eigenvalue weighted by atomic mass is 10.1. The number of nitrogens with zero attached hydrogens (tertiary/aromatic N) is 2. The molecule has 1 aliphatic carbocycles. The van der Waals surface area contributed by atoms with Crippen LogP contribution < -0.4 is 22.3 Å². The summed E-state index contributed by atoms with van der Waals surface area (Å²) in [6.45, 7) is 2.51. The molecule has 1 aliphatic rings. The summed E-state index contributed by atoms with van der Waals surface area (Å²) in [5, 5.41) is 3.31. The molecule has 0 atom stereocenters. The molecule has 2 rings (SSSR count). The van der Waals surface area contributed by atoms with Gasteiger partial charge in [-0.2, -0.15) is 0 Å². The fourth-order valence-corrected chi connectivity index (χ4v) is 2.99. The quantitative estimate of drug-likeness (QED) is 0.828. The summed E-state index contributed by atoms with van der Waals surface area (Å²) in [6, 6.07) is 0.273. The van der Waals surface area contributed by atoms with Crippen molar-refractivity contribution in [3.63, 3.8) is 0 Å². The molecule has 1 aromatic rings. The van der Waals surface area contributed by atoms with E-state index in [1.807, 2.05) is 6.92 Å². The van der Waals surface area contributed by atoms with Gasteiger partial charge < -0.3 is 11.1 Å². The molecule has 118 valence electrons. The van der Waals surface area contributed by atoms with Crippen LogP contribution >= 0.6 is 0 Å². The molecule has 0 aliphatic heterocycles. The highest BCUT2D eigenvalue weighted by Gasteiger charge is 2.19. The molecule has 1 aromatic heterocycles. The van der Waals surface area contributed by atoms with Gasteiger partial charge in [0, 0.05) is 19.6 Å². The Labute approximate surface area is 125 Å². The highest BCUT2D eigenvalue weighted by Crippen LogP contribution is 2.21. The topological polar surface area (TPSA) is 82.0 Å². The van der Waals surface area contributed by atoms with Crippen molar-refractivity contribution in [1.82, 2.24) is 9.13 Å². The summed E-state index contributed by atoms with van der Waals surface area (Å²) in [7, 11) is 1.51. The predicted octanol–water partition coefficient (Wildman–Crippen LogP) is 1.67. The van der Waals surface area contributed by atoms with Crippen LogP contribution in [0.2, 0.25) is 0 Å². The van der Waals surface area contributed by atoms with E-state index in [0.29, 0.717) is 12.2 Å². The maximum atomic E-state index is 12.3. The van der Waals surface area contributed by atoms with Crippen LogP contribution in [0.4, 0.5) is 11.5 Å². The molecule has 6 heteroatoms. The van der Waals surface area contributed by atoms with Gasteiger partial charge in [-0.25, -0.2) is 4.79 Å². The summed E-state index contributed by atoms with van der Waals surface area (Å²) in [5.41, 5.74) is 5.80. The monoisotopic (exact) mass is 294 g/mol. The Morgan fingerprint density at radius 1 is 1.19 bits per heavy atom. The highest BCUT2D eigenvalue weighted by atomic mass is 16.2. The number of nitrogens with one attached hydrogen (secondary N) is 1. The smallest absolute Gasteiger partial charge is 0.332 e. The maximum absolute atomic E-state index is 12.3. The minimum atomic E-state index is -0.342. The largest absolute Gasteiger partial charge is 0.383 e. The van der Waals surface area contributed by atoms with Gasteiger partial charge in [0.2, 0.25) is 0 Å². The molecule has 0 bridgehead atoms. The first kappa shape index (κ1) is 15.7. The van der Waals surface area contributed by atoms with Gasteiger partial charge in [0.25, 0.3) is 5.56 Å². The second-order valence-corrected chi connectivity index (χ2v) is 5.89. The first-order chi connectivity index (χ1) is 10.1. The SMILES string of the molecule is CCCn1c(N)c(NC2CCCCCC2)c(=O)n(C)c1=O. The summed E-state index contributed by atoms with van der Waals surface area (Å²) in [4.78, 5) is 24.5. The first-order valence-electron chi connectivity index (χ1n) is 7.92. The van der Waals surface area contributed by atoms with Crippen LogP contribution in [0.25, 0.3) is 0 Å². The molecule has 0 saturated heterocycles. The number of nitrogen functional groups attached to an aromatic ring is 1. The van der Waals surface area contributed by atoms with Gasteiger partial charge in [0.05, 0.1) is 0 Å². The van der Waals surface area contributed by atoms with E-state index in [-0.39, 0.29) is 23.1 Å². The van der Waals surface area contributed by atoms with Crippen molar-refractivity contribution in [2.75, 3.05) is 11.1 Å². The fourth-order valence-electron chi connectivity index (χ4n) is 2.99. The van der Waals surface area contributed by atoms with Crippen LogP contribution in [-0.4, -0.2) is 15.2 Å². The van der Waals surface area contributed by atoms with Crippen LogP contribution in [0.1, 0.15) is 51.9 Å². The second-order valence-electron chi connectivity index (χ2n) is 5.89. The van der Waals surface area contributed by atoms with Crippen molar-refractivity contribution in [2.24, 2.45) is 7.05 Å². The molecule has 0 aromatic carbocycles. The van der Waals surface area contributed by atoms with Gasteiger partial charge in [-0.05, 0) is 19.3 Å². The standard InChI is InChI=1S/C15H26N4O2/c1-3-10-19-13(16)12(14(20)18(2)15(19)21)17-11-8-6-4-5-7-9-11/h11,17H,3-10,16H2,1-2H3. The first-order valence-corrected chi connectivity index (χ1v) is 7.92. The maximum Gasteiger partial charge on any atom is 0.332 e. The summed E-state index contributed by atoms with van der Waals surface area (Å²) in [5.74, 6) is 0.272. The van der Waals surface area contributed by atoms with E-state index in [4.69, 9.17) is 5.73 Å². The molecule has 0 radical (unpaired) electrons. The van der Waals surface area contributed by atoms with Crippen LogP contribution in [0.3, 0.4) is 0 Å². The Balaban J connectivity index is 2.38. The molecule has 3 N–H and O–H groups in total. The van der Waals surface area contributed by atoms with Gasteiger partial charge >= 0.3 is 5.69 Å². The van der Waals surface area contributed by atoms with Gasteiger partial charge in [-0.1, -0.05) is 32.6 Å². The third kappa shape index (κ3) is 3.31. The lowest BCUT2D eigenvalue weighted by molar-refractivity contribution is 0.588. The van der Waals surface area contributed by atoms with Gasteiger partial charge in [-0.3, -0.25) is 13.9 Å². The Morgan fingerprint density at radius 2 is 1.81 bits per heavy atom. The minimum Gasteiger partial charge on any atom is -0.383 e. The number of rotatable bonds is 4. The number of nitrogens with two attached hydrogens (primary N) is 1. The van der Waals surface area contributed by atoms with E-state index in [0.717, 1.165) is 23.8 Å². The van der Waals surface area contributed by atoms with E-state index in [9.17, 15) is 9.59 Å². The van der Waals surface area contributed by atoms with Crippen LogP contribution in [-0.2, 0) is 13.6 Å². The molecule has 0 amide bonds. The molecule has 0 unspecified atom stereocenters. The average Bonchev–Trinajstić information content (AvgIpc) is 2.75.